The minimum Gasteiger partial charge on any atom is -0.388 e. The van der Waals surface area contributed by atoms with Crippen LogP contribution in [0.1, 0.15) is 42.3 Å². The van der Waals surface area contributed by atoms with Gasteiger partial charge in [-0.3, -0.25) is 18.7 Å². The predicted molar refractivity (Wildman–Crippen MR) is 162 cm³/mol. The molecular formula is C32H34ClF2N5O4. The van der Waals surface area contributed by atoms with Gasteiger partial charge in [0.15, 0.2) is 5.65 Å². The number of alkyl halides is 2. The second kappa shape index (κ2) is 12.8. The molecular weight excluding hydrogens is 592 g/mol. The molecule has 2 fully saturated rings. The number of hydrogen-bond donors (Lipinski definition) is 2. The van der Waals surface area contributed by atoms with E-state index >= 15 is 0 Å². The highest BCUT2D eigenvalue weighted by molar-refractivity contribution is 6.31. The van der Waals surface area contributed by atoms with Gasteiger partial charge in [0.25, 0.3) is 5.56 Å². The Morgan fingerprint density at radius 1 is 1.14 bits per heavy atom. The number of aliphatic hydroxyl groups is 1. The molecule has 12 heteroatoms. The number of carbonyl (C=O) groups is 1. The highest BCUT2D eigenvalue weighted by Gasteiger charge is 2.36. The average molecular weight is 626 g/mol. The first kappa shape index (κ1) is 30.4. The lowest BCUT2D eigenvalue weighted by atomic mass is 9.90. The summed E-state index contributed by atoms with van der Waals surface area (Å²) in [5, 5.41) is 15.4. The van der Waals surface area contributed by atoms with Crippen molar-refractivity contribution in [1.82, 2.24) is 24.3 Å². The Balaban J connectivity index is 1.13. The molecule has 2 aromatic heterocycles. The monoisotopic (exact) mass is 625 g/mol. The molecule has 232 valence electrons. The summed E-state index contributed by atoms with van der Waals surface area (Å²) >= 11 is 6.58. The van der Waals surface area contributed by atoms with Crippen molar-refractivity contribution in [3.63, 3.8) is 0 Å². The van der Waals surface area contributed by atoms with Gasteiger partial charge in [-0.1, -0.05) is 54.1 Å². The van der Waals surface area contributed by atoms with Gasteiger partial charge >= 0.3 is 0 Å². The van der Waals surface area contributed by atoms with Crippen LogP contribution >= 0.6 is 11.6 Å². The fourth-order valence-corrected chi connectivity index (χ4v) is 6.38. The number of likely N-dealkylation sites (tertiary alicyclic amines) is 1. The molecule has 2 atom stereocenters. The minimum atomic E-state index is -2.67. The number of nitrogens with one attached hydrogen (secondary N) is 1. The van der Waals surface area contributed by atoms with Crippen molar-refractivity contribution in [2.75, 3.05) is 32.8 Å². The summed E-state index contributed by atoms with van der Waals surface area (Å²) in [5.74, 6) is -1.57. The molecule has 0 saturated carbocycles. The molecule has 0 aliphatic carbocycles. The second-order valence-electron chi connectivity index (χ2n) is 11.6. The van der Waals surface area contributed by atoms with Crippen molar-refractivity contribution in [2.45, 2.75) is 49.8 Å². The van der Waals surface area contributed by atoms with Crippen LogP contribution in [0.25, 0.3) is 16.7 Å². The normalized spacial score (nSPS) is 19.4. The van der Waals surface area contributed by atoms with Gasteiger partial charge in [-0.25, -0.2) is 13.8 Å². The van der Waals surface area contributed by atoms with Crippen molar-refractivity contribution >= 4 is 28.5 Å². The number of morpholine rings is 1. The zero-order valence-corrected chi connectivity index (χ0v) is 24.8. The molecule has 1 amide bonds. The summed E-state index contributed by atoms with van der Waals surface area (Å²) < 4.78 is 36.2. The Kier molecular flexibility index (Phi) is 8.82. The van der Waals surface area contributed by atoms with E-state index < -0.39 is 17.9 Å². The fourth-order valence-electron chi connectivity index (χ4n) is 6.10. The highest BCUT2D eigenvalue weighted by Crippen LogP contribution is 2.31. The lowest BCUT2D eigenvalue weighted by Gasteiger charge is -2.38. The topological polar surface area (TPSA) is 102 Å². The Labute approximate surface area is 258 Å². The largest absolute Gasteiger partial charge is 0.388 e. The second-order valence-corrected chi connectivity index (χ2v) is 11.9. The molecule has 6 rings (SSSR count). The van der Waals surface area contributed by atoms with E-state index in [1.54, 1.807) is 41.0 Å². The van der Waals surface area contributed by atoms with Gasteiger partial charge in [0.05, 0.1) is 42.7 Å². The van der Waals surface area contributed by atoms with Gasteiger partial charge in [0.2, 0.25) is 12.3 Å². The zero-order valence-electron chi connectivity index (χ0n) is 24.0. The van der Waals surface area contributed by atoms with Crippen LogP contribution in [0.2, 0.25) is 5.15 Å². The maximum Gasteiger partial charge on any atom is 0.262 e. The lowest BCUT2D eigenvalue weighted by Crippen LogP contribution is -2.50. The summed E-state index contributed by atoms with van der Waals surface area (Å²) in [6.07, 6.45) is -1.19. The van der Waals surface area contributed by atoms with Crippen LogP contribution in [0.5, 0.6) is 0 Å². The average Bonchev–Trinajstić information content (AvgIpc) is 3.38. The van der Waals surface area contributed by atoms with Crippen molar-refractivity contribution < 1.29 is 23.4 Å². The summed E-state index contributed by atoms with van der Waals surface area (Å²) in [4.78, 5) is 32.5. The van der Waals surface area contributed by atoms with E-state index in [4.69, 9.17) is 16.3 Å². The Hall–Kier alpha value is -3.64. The van der Waals surface area contributed by atoms with E-state index in [9.17, 15) is 23.5 Å². The number of ether oxygens (including phenoxy) is 1. The standard InChI is InChI=1S/C32H34ClF2N5O4/c33-27-16-25-30(40(27)23-8-6-22(7-9-23)26-18-44-15-12-36-26)37-20-39(31(25)42)19-32(43)10-13-38(14-11-32)28(41)17-24(29(34)35)21-4-2-1-3-5-21/h1-9,16,20,24,26,29,36,43H,10-15,17-19H2/t24-,26-/m1/s1. The first-order chi connectivity index (χ1) is 21.2. The summed E-state index contributed by atoms with van der Waals surface area (Å²) in [6.45, 7) is 2.46. The predicted octanol–water partition coefficient (Wildman–Crippen LogP) is 4.29. The van der Waals surface area contributed by atoms with Crippen LogP contribution in [0.4, 0.5) is 8.78 Å². The Morgan fingerprint density at radius 3 is 2.52 bits per heavy atom. The van der Waals surface area contributed by atoms with Crippen molar-refractivity contribution in [1.29, 1.82) is 0 Å². The first-order valence-electron chi connectivity index (χ1n) is 14.7. The molecule has 0 unspecified atom stereocenters. The van der Waals surface area contributed by atoms with Crippen LogP contribution in [0.15, 0.2) is 71.8 Å². The number of carbonyl (C=O) groups excluding carboxylic acids is 1. The third-order valence-electron chi connectivity index (χ3n) is 8.65. The van der Waals surface area contributed by atoms with Gasteiger partial charge in [-0.2, -0.15) is 0 Å². The van der Waals surface area contributed by atoms with Gasteiger partial charge in [0.1, 0.15) is 11.5 Å². The number of nitrogens with zero attached hydrogens (tertiary/aromatic N) is 4. The van der Waals surface area contributed by atoms with Crippen LogP contribution in [-0.2, 0) is 16.1 Å². The summed E-state index contributed by atoms with van der Waals surface area (Å²) in [6, 6.07) is 17.8. The van der Waals surface area contributed by atoms with Gasteiger partial charge in [0, 0.05) is 31.7 Å². The van der Waals surface area contributed by atoms with Gasteiger partial charge < -0.3 is 20.1 Å². The van der Waals surface area contributed by atoms with Gasteiger partial charge in [-0.05, 0) is 42.2 Å². The molecule has 4 aromatic rings. The maximum atomic E-state index is 13.8. The molecule has 2 N–H and O–H groups in total. The number of hydrogen-bond acceptors (Lipinski definition) is 6. The Morgan fingerprint density at radius 2 is 1.86 bits per heavy atom. The van der Waals surface area contributed by atoms with E-state index in [2.05, 4.69) is 10.3 Å². The van der Waals surface area contributed by atoms with Crippen LogP contribution in [0, 0.1) is 0 Å². The Bertz CT molecular complexity index is 1660. The van der Waals surface area contributed by atoms with E-state index in [-0.39, 0.29) is 56.4 Å². The summed E-state index contributed by atoms with van der Waals surface area (Å²) in [7, 11) is 0. The third-order valence-corrected chi connectivity index (χ3v) is 8.93. The molecule has 2 saturated heterocycles. The molecule has 4 heterocycles. The van der Waals surface area contributed by atoms with E-state index in [0.29, 0.717) is 35.0 Å². The van der Waals surface area contributed by atoms with Crippen LogP contribution in [0.3, 0.4) is 0 Å². The van der Waals surface area contributed by atoms with E-state index in [1.165, 1.54) is 15.8 Å². The fraction of sp³-hybridized carbons (Fsp3) is 0.406. The summed E-state index contributed by atoms with van der Waals surface area (Å²) in [5.41, 5.74) is 1.06. The minimum absolute atomic E-state index is 0.0194. The van der Waals surface area contributed by atoms with Crippen LogP contribution < -0.4 is 10.9 Å². The number of aromatic nitrogens is 3. The SMILES string of the molecule is O=C(C[C@H](c1ccccc1)C(F)F)N1CCC(O)(Cn2cnc3c(cc(Cl)n3-c3ccc([C@H]4COCCN4)cc3)c2=O)CC1. The number of piperidine rings is 1. The number of amides is 1. The third kappa shape index (κ3) is 6.28. The van der Waals surface area contributed by atoms with Crippen molar-refractivity contribution in [3.8, 4) is 5.69 Å². The van der Waals surface area contributed by atoms with Crippen molar-refractivity contribution in [3.05, 3.63) is 93.6 Å². The van der Waals surface area contributed by atoms with Gasteiger partial charge in [-0.15, -0.1) is 0 Å². The highest BCUT2D eigenvalue weighted by atomic mass is 35.5. The molecule has 0 bridgehead atoms. The maximum absolute atomic E-state index is 13.8. The lowest BCUT2D eigenvalue weighted by molar-refractivity contribution is -0.137. The quantitative estimate of drug-likeness (QED) is 0.303. The van der Waals surface area contributed by atoms with Crippen molar-refractivity contribution in [2.24, 2.45) is 0 Å². The zero-order chi connectivity index (χ0) is 30.8. The molecule has 2 aromatic carbocycles. The molecule has 2 aliphatic heterocycles. The number of benzene rings is 2. The molecule has 0 spiro atoms. The number of fused-ring (bicyclic) bond motifs is 1. The van der Waals surface area contributed by atoms with E-state index in [0.717, 1.165) is 17.8 Å². The molecule has 0 radical (unpaired) electrons. The molecule has 2 aliphatic rings. The smallest absolute Gasteiger partial charge is 0.262 e. The number of rotatable bonds is 8. The molecule has 44 heavy (non-hydrogen) atoms. The first-order valence-corrected chi connectivity index (χ1v) is 15.1. The molecule has 9 nitrogen and oxygen atoms in total. The number of halogens is 3. The van der Waals surface area contributed by atoms with E-state index in [1.807, 2.05) is 24.3 Å². The van der Waals surface area contributed by atoms with Crippen LogP contribution in [-0.4, -0.2) is 74.9 Å².